The molecule has 3 aromatic rings. The Morgan fingerprint density at radius 2 is 1.92 bits per heavy atom. The van der Waals surface area contributed by atoms with Crippen molar-refractivity contribution in [1.82, 2.24) is 25.1 Å². The van der Waals surface area contributed by atoms with E-state index in [1.165, 1.54) is 0 Å². The molecule has 0 atom stereocenters. The number of anilines is 1. The zero-order chi connectivity index (χ0) is 17.9. The van der Waals surface area contributed by atoms with E-state index in [2.05, 4.69) is 25.7 Å². The Bertz CT molecular complexity index is 892. The minimum atomic E-state index is -0.223. The molecule has 0 aliphatic carbocycles. The summed E-state index contributed by atoms with van der Waals surface area (Å²) in [6.45, 7) is 1.96. The lowest BCUT2D eigenvalue weighted by Crippen LogP contribution is -2.27. The van der Waals surface area contributed by atoms with Crippen molar-refractivity contribution in [1.29, 1.82) is 0 Å². The van der Waals surface area contributed by atoms with E-state index in [0.717, 1.165) is 43.0 Å². The molecule has 3 N–H and O–H groups in total. The molecule has 0 bridgehead atoms. The molecule has 3 heterocycles. The van der Waals surface area contributed by atoms with Gasteiger partial charge in [-0.1, -0.05) is 30.3 Å². The number of benzene rings is 1. The first kappa shape index (κ1) is 16.5. The van der Waals surface area contributed by atoms with Crippen LogP contribution >= 0.6 is 0 Å². The van der Waals surface area contributed by atoms with Gasteiger partial charge in [-0.2, -0.15) is 10.1 Å². The van der Waals surface area contributed by atoms with Crippen molar-refractivity contribution >= 4 is 11.9 Å². The van der Waals surface area contributed by atoms with E-state index in [1.807, 2.05) is 36.4 Å². The maximum atomic E-state index is 12.6. The van der Waals surface area contributed by atoms with E-state index in [0.29, 0.717) is 17.6 Å². The molecule has 7 nitrogen and oxygen atoms in total. The van der Waals surface area contributed by atoms with Gasteiger partial charge in [-0.15, -0.1) is 0 Å². The fourth-order valence-electron chi connectivity index (χ4n) is 3.25. The molecule has 7 heteroatoms. The maximum absolute atomic E-state index is 12.6. The number of aryl methyl sites for hydroxylation is 1. The lowest BCUT2D eigenvalue weighted by atomic mass is 9.98. The van der Waals surface area contributed by atoms with Crippen LogP contribution in [0.3, 0.4) is 0 Å². The van der Waals surface area contributed by atoms with Crippen LogP contribution in [-0.4, -0.2) is 38.7 Å². The standard InChI is InChI=1S/C19H22N6O/c1-25-19(22-17(24-25)14-9-11-20-12-10-14)23-18(26)16-8-7-15(21-16)13-5-3-2-4-6-13/h2-8,14,20-21H,9-12H2,1H3,(H,22,23,24,26). The van der Waals surface area contributed by atoms with Crippen molar-refractivity contribution in [3.05, 3.63) is 54.0 Å². The second kappa shape index (κ2) is 7.13. The Morgan fingerprint density at radius 3 is 2.69 bits per heavy atom. The number of aromatic amines is 1. The van der Waals surface area contributed by atoms with Crippen LogP contribution < -0.4 is 10.6 Å². The lowest BCUT2D eigenvalue weighted by molar-refractivity contribution is 0.102. The lowest BCUT2D eigenvalue weighted by Gasteiger charge is -2.19. The SMILES string of the molecule is Cn1nc(C2CCNCC2)nc1NC(=O)c1ccc(-c2ccccc2)[nH]1. The van der Waals surface area contributed by atoms with Gasteiger partial charge >= 0.3 is 0 Å². The van der Waals surface area contributed by atoms with Gasteiger partial charge in [0.25, 0.3) is 5.91 Å². The smallest absolute Gasteiger partial charge is 0.274 e. The number of piperidine rings is 1. The molecule has 26 heavy (non-hydrogen) atoms. The molecule has 1 fully saturated rings. The Labute approximate surface area is 151 Å². The largest absolute Gasteiger partial charge is 0.351 e. The van der Waals surface area contributed by atoms with Crippen molar-refractivity contribution in [2.45, 2.75) is 18.8 Å². The molecule has 1 saturated heterocycles. The number of aromatic nitrogens is 4. The summed E-state index contributed by atoms with van der Waals surface area (Å²) in [5.41, 5.74) is 2.44. The first-order valence-electron chi connectivity index (χ1n) is 8.88. The van der Waals surface area contributed by atoms with Gasteiger partial charge in [0, 0.05) is 18.7 Å². The van der Waals surface area contributed by atoms with Gasteiger partial charge in [0.05, 0.1) is 0 Å². The fourth-order valence-corrected chi connectivity index (χ4v) is 3.25. The highest BCUT2D eigenvalue weighted by Gasteiger charge is 2.21. The van der Waals surface area contributed by atoms with Crippen molar-refractivity contribution in [2.75, 3.05) is 18.4 Å². The molecule has 1 aliphatic rings. The minimum absolute atomic E-state index is 0.223. The Morgan fingerprint density at radius 1 is 1.15 bits per heavy atom. The molecule has 0 saturated carbocycles. The van der Waals surface area contributed by atoms with Gasteiger partial charge in [-0.3, -0.25) is 10.1 Å². The molecular formula is C19H22N6O. The fraction of sp³-hybridized carbons (Fsp3) is 0.316. The van der Waals surface area contributed by atoms with Gasteiger partial charge in [-0.25, -0.2) is 4.68 Å². The van der Waals surface area contributed by atoms with Gasteiger partial charge in [0.15, 0.2) is 5.82 Å². The molecule has 0 radical (unpaired) electrons. The van der Waals surface area contributed by atoms with Crippen LogP contribution in [0, 0.1) is 0 Å². The van der Waals surface area contributed by atoms with E-state index in [4.69, 9.17) is 0 Å². The molecule has 0 unspecified atom stereocenters. The third-order valence-electron chi connectivity index (χ3n) is 4.72. The third-order valence-corrected chi connectivity index (χ3v) is 4.72. The zero-order valence-corrected chi connectivity index (χ0v) is 14.7. The first-order chi connectivity index (χ1) is 12.7. The number of nitrogens with one attached hydrogen (secondary N) is 3. The summed E-state index contributed by atoms with van der Waals surface area (Å²) in [7, 11) is 1.80. The second-order valence-corrected chi connectivity index (χ2v) is 6.55. The molecule has 1 aliphatic heterocycles. The summed E-state index contributed by atoms with van der Waals surface area (Å²) >= 11 is 0. The summed E-state index contributed by atoms with van der Waals surface area (Å²) in [6, 6.07) is 13.6. The summed E-state index contributed by atoms with van der Waals surface area (Å²) < 4.78 is 1.64. The highest BCUT2D eigenvalue weighted by molar-refractivity contribution is 6.02. The van der Waals surface area contributed by atoms with Crippen LogP contribution in [0.1, 0.15) is 35.1 Å². The molecule has 1 aromatic carbocycles. The van der Waals surface area contributed by atoms with Gasteiger partial charge < -0.3 is 10.3 Å². The molecule has 1 amide bonds. The molecular weight excluding hydrogens is 328 g/mol. The van der Waals surface area contributed by atoms with Gasteiger partial charge in [-0.05, 0) is 43.6 Å². The second-order valence-electron chi connectivity index (χ2n) is 6.55. The van der Waals surface area contributed by atoms with E-state index < -0.39 is 0 Å². The Hall–Kier alpha value is -2.93. The van der Waals surface area contributed by atoms with Crippen LogP contribution in [0.5, 0.6) is 0 Å². The summed E-state index contributed by atoms with van der Waals surface area (Å²) in [6.07, 6.45) is 2.04. The van der Waals surface area contributed by atoms with Gasteiger partial charge in [0.1, 0.15) is 5.69 Å². The maximum Gasteiger partial charge on any atom is 0.274 e. The van der Waals surface area contributed by atoms with Crippen LogP contribution in [-0.2, 0) is 7.05 Å². The number of rotatable bonds is 4. The number of nitrogens with zero attached hydrogens (tertiary/aromatic N) is 3. The van der Waals surface area contributed by atoms with Crippen molar-refractivity contribution in [3.63, 3.8) is 0 Å². The van der Waals surface area contributed by atoms with E-state index in [-0.39, 0.29) is 5.91 Å². The highest BCUT2D eigenvalue weighted by Crippen LogP contribution is 2.23. The number of hydrogen-bond acceptors (Lipinski definition) is 4. The first-order valence-corrected chi connectivity index (χ1v) is 8.88. The average molecular weight is 350 g/mol. The van der Waals surface area contributed by atoms with Crippen molar-refractivity contribution in [3.8, 4) is 11.3 Å². The zero-order valence-electron chi connectivity index (χ0n) is 14.7. The van der Waals surface area contributed by atoms with E-state index >= 15 is 0 Å². The van der Waals surface area contributed by atoms with E-state index in [1.54, 1.807) is 17.8 Å². The quantitative estimate of drug-likeness (QED) is 0.675. The summed E-state index contributed by atoms with van der Waals surface area (Å²) in [4.78, 5) is 20.3. The summed E-state index contributed by atoms with van der Waals surface area (Å²) in [5.74, 6) is 1.41. The Kier molecular flexibility index (Phi) is 4.53. The highest BCUT2D eigenvalue weighted by atomic mass is 16.2. The number of H-pyrrole nitrogens is 1. The number of amides is 1. The van der Waals surface area contributed by atoms with Gasteiger partial charge in [0.2, 0.25) is 5.95 Å². The predicted octanol–water partition coefficient (Wildman–Crippen LogP) is 2.53. The van der Waals surface area contributed by atoms with Crippen LogP contribution in [0.25, 0.3) is 11.3 Å². The van der Waals surface area contributed by atoms with E-state index in [9.17, 15) is 4.79 Å². The third kappa shape index (κ3) is 3.39. The predicted molar refractivity (Wildman–Crippen MR) is 100 cm³/mol. The summed E-state index contributed by atoms with van der Waals surface area (Å²) in [5, 5.41) is 10.7. The van der Waals surface area contributed by atoms with Crippen molar-refractivity contribution in [2.24, 2.45) is 7.05 Å². The number of hydrogen-bond donors (Lipinski definition) is 3. The van der Waals surface area contributed by atoms with Crippen LogP contribution in [0.2, 0.25) is 0 Å². The Balaban J connectivity index is 1.48. The monoisotopic (exact) mass is 350 g/mol. The van der Waals surface area contributed by atoms with Crippen LogP contribution in [0.15, 0.2) is 42.5 Å². The molecule has 134 valence electrons. The normalized spacial score (nSPS) is 15.1. The van der Waals surface area contributed by atoms with Crippen LogP contribution in [0.4, 0.5) is 5.95 Å². The molecule has 0 spiro atoms. The molecule has 2 aromatic heterocycles. The average Bonchev–Trinajstić information content (AvgIpc) is 3.31. The topological polar surface area (TPSA) is 87.6 Å². The molecule has 4 rings (SSSR count). The number of carbonyl (C=O) groups is 1. The minimum Gasteiger partial charge on any atom is -0.351 e. The van der Waals surface area contributed by atoms with Crippen molar-refractivity contribution < 1.29 is 4.79 Å². The number of carbonyl (C=O) groups excluding carboxylic acids is 1.